The van der Waals surface area contributed by atoms with Crippen molar-refractivity contribution in [3.05, 3.63) is 24.8 Å². The van der Waals surface area contributed by atoms with Crippen LogP contribution in [0, 0.1) is 23.2 Å². The molecule has 3 nitrogen and oxygen atoms in total. The molecule has 1 fully saturated rings. The molecule has 0 radical (unpaired) electrons. The van der Waals surface area contributed by atoms with Crippen molar-refractivity contribution in [1.82, 2.24) is 5.32 Å². The van der Waals surface area contributed by atoms with Crippen LogP contribution in [0.3, 0.4) is 0 Å². The zero-order valence-electron chi connectivity index (χ0n) is 13.7. The third-order valence-electron chi connectivity index (χ3n) is 3.79. The molecule has 2 N–H and O–H groups in total. The van der Waals surface area contributed by atoms with Gasteiger partial charge in [-0.25, -0.2) is 0 Å². The van der Waals surface area contributed by atoms with Crippen molar-refractivity contribution in [2.24, 2.45) is 11.8 Å². The molecule has 0 aromatic rings. The predicted octanol–water partition coefficient (Wildman–Crippen LogP) is 4.16. The molecule has 0 aromatic heterocycles. The molecular formula is C18H32N2O. The van der Waals surface area contributed by atoms with E-state index in [4.69, 9.17) is 5.26 Å². The molecule has 0 saturated carbocycles. The summed E-state index contributed by atoms with van der Waals surface area (Å²) in [6.45, 7) is 9.02. The number of nitrogens with one attached hydrogen (secondary N) is 1. The van der Waals surface area contributed by atoms with E-state index in [-0.39, 0.29) is 6.23 Å². The fourth-order valence-electron chi connectivity index (χ4n) is 2.64. The average molecular weight is 292 g/mol. The van der Waals surface area contributed by atoms with E-state index in [0.717, 1.165) is 25.8 Å². The highest BCUT2D eigenvalue weighted by Gasteiger charge is 2.32. The van der Waals surface area contributed by atoms with Gasteiger partial charge in [-0.15, -0.1) is 6.58 Å². The van der Waals surface area contributed by atoms with Gasteiger partial charge in [0, 0.05) is 12.5 Å². The molecule has 1 saturated heterocycles. The van der Waals surface area contributed by atoms with E-state index < -0.39 is 0 Å². The molecule has 120 valence electrons. The van der Waals surface area contributed by atoms with Crippen LogP contribution in [0.25, 0.3) is 0 Å². The average Bonchev–Trinajstić information content (AvgIpc) is 2.83. The number of rotatable bonds is 8. The molecule has 3 unspecified atom stereocenters. The SMILES string of the molecule is C=CCCC1C(CCC)CNC1O.CCC/C=C\CC#N. The highest BCUT2D eigenvalue weighted by atomic mass is 16.3. The van der Waals surface area contributed by atoms with Gasteiger partial charge in [-0.3, -0.25) is 5.32 Å². The van der Waals surface area contributed by atoms with E-state index in [1.54, 1.807) is 0 Å². The Balaban J connectivity index is 0.000000433. The summed E-state index contributed by atoms with van der Waals surface area (Å²) in [5.41, 5.74) is 0. The van der Waals surface area contributed by atoms with E-state index in [0.29, 0.717) is 18.3 Å². The quantitative estimate of drug-likeness (QED) is 0.660. The standard InChI is InChI=1S/C11H21NO.C7H11N/c1-3-5-7-10-9(6-4-2)8-12-11(10)13;1-2-3-4-5-6-7-8/h3,9-13H,1,4-8H2,2H3;4-5H,2-3,6H2,1H3/b;5-4-. The molecule has 1 aliphatic heterocycles. The van der Waals surface area contributed by atoms with Gasteiger partial charge in [-0.05, 0) is 31.6 Å². The Labute approximate surface area is 130 Å². The summed E-state index contributed by atoms with van der Waals surface area (Å²) in [4.78, 5) is 0. The maximum atomic E-state index is 9.67. The Morgan fingerprint density at radius 3 is 2.57 bits per heavy atom. The molecule has 1 heterocycles. The van der Waals surface area contributed by atoms with Crippen molar-refractivity contribution in [1.29, 1.82) is 5.26 Å². The van der Waals surface area contributed by atoms with Crippen molar-refractivity contribution in [3.63, 3.8) is 0 Å². The Bertz CT molecular complexity index is 318. The minimum atomic E-state index is -0.281. The lowest BCUT2D eigenvalue weighted by Gasteiger charge is -2.19. The third-order valence-corrected chi connectivity index (χ3v) is 3.79. The first-order valence-corrected chi connectivity index (χ1v) is 8.25. The van der Waals surface area contributed by atoms with Crippen LogP contribution in [0.4, 0.5) is 0 Å². The lowest BCUT2D eigenvalue weighted by molar-refractivity contribution is 0.0943. The van der Waals surface area contributed by atoms with E-state index in [9.17, 15) is 5.11 Å². The van der Waals surface area contributed by atoms with Gasteiger partial charge in [-0.2, -0.15) is 5.26 Å². The Kier molecular flexibility index (Phi) is 13.1. The number of aliphatic hydroxyl groups excluding tert-OH is 1. The largest absolute Gasteiger partial charge is 0.378 e. The fraction of sp³-hybridized carbons (Fsp3) is 0.722. The van der Waals surface area contributed by atoms with Gasteiger partial charge < -0.3 is 5.11 Å². The lowest BCUT2D eigenvalue weighted by Crippen LogP contribution is -2.26. The number of hydrogen-bond acceptors (Lipinski definition) is 3. The molecular weight excluding hydrogens is 260 g/mol. The van der Waals surface area contributed by atoms with E-state index >= 15 is 0 Å². The highest BCUT2D eigenvalue weighted by molar-refractivity contribution is 4.89. The molecule has 0 aromatic carbocycles. The first-order valence-electron chi connectivity index (χ1n) is 8.25. The number of hydrogen-bond donors (Lipinski definition) is 2. The molecule has 3 heteroatoms. The minimum absolute atomic E-state index is 0.281. The van der Waals surface area contributed by atoms with Crippen molar-refractivity contribution in [2.45, 2.75) is 65.0 Å². The molecule has 0 aliphatic carbocycles. The molecule has 1 rings (SSSR count). The van der Waals surface area contributed by atoms with Gasteiger partial charge in [0.15, 0.2) is 0 Å². The van der Waals surface area contributed by atoms with Crippen LogP contribution in [0.1, 0.15) is 58.8 Å². The van der Waals surface area contributed by atoms with E-state index in [1.165, 1.54) is 19.3 Å². The van der Waals surface area contributed by atoms with Crippen LogP contribution in [-0.2, 0) is 0 Å². The summed E-state index contributed by atoms with van der Waals surface area (Å²) in [7, 11) is 0. The second kappa shape index (κ2) is 13.9. The van der Waals surface area contributed by atoms with Crippen molar-refractivity contribution in [2.75, 3.05) is 6.54 Å². The summed E-state index contributed by atoms with van der Waals surface area (Å²) >= 11 is 0. The molecule has 0 bridgehead atoms. The number of nitriles is 1. The zero-order chi connectivity index (χ0) is 15.9. The van der Waals surface area contributed by atoms with Crippen LogP contribution in [0.5, 0.6) is 0 Å². The second-order valence-electron chi connectivity index (χ2n) is 5.55. The number of nitrogens with zero attached hydrogens (tertiary/aromatic N) is 1. The van der Waals surface area contributed by atoms with Crippen LogP contribution >= 0.6 is 0 Å². The third kappa shape index (κ3) is 9.44. The van der Waals surface area contributed by atoms with Gasteiger partial charge in [0.2, 0.25) is 0 Å². The summed E-state index contributed by atoms with van der Waals surface area (Å²) in [6, 6.07) is 2.04. The zero-order valence-corrected chi connectivity index (χ0v) is 13.7. The van der Waals surface area contributed by atoms with Gasteiger partial charge in [0.05, 0.1) is 12.5 Å². The van der Waals surface area contributed by atoms with Crippen molar-refractivity contribution < 1.29 is 5.11 Å². The maximum absolute atomic E-state index is 9.67. The Hall–Kier alpha value is -1.11. The summed E-state index contributed by atoms with van der Waals surface area (Å²) in [5.74, 6) is 1.11. The number of unbranched alkanes of at least 4 members (excludes halogenated alkanes) is 1. The Morgan fingerprint density at radius 2 is 2.00 bits per heavy atom. The van der Waals surface area contributed by atoms with Crippen molar-refractivity contribution >= 4 is 0 Å². The van der Waals surface area contributed by atoms with Gasteiger partial charge in [-0.1, -0.05) is 44.9 Å². The van der Waals surface area contributed by atoms with Crippen LogP contribution in [-0.4, -0.2) is 17.9 Å². The topological polar surface area (TPSA) is 56.0 Å². The van der Waals surface area contributed by atoms with E-state index in [2.05, 4.69) is 25.7 Å². The first kappa shape index (κ1) is 19.9. The minimum Gasteiger partial charge on any atom is -0.378 e. The summed E-state index contributed by atoms with van der Waals surface area (Å²) in [6.07, 6.45) is 13.0. The second-order valence-corrected chi connectivity index (χ2v) is 5.55. The molecule has 21 heavy (non-hydrogen) atoms. The van der Waals surface area contributed by atoms with Gasteiger partial charge >= 0.3 is 0 Å². The maximum Gasteiger partial charge on any atom is 0.108 e. The molecule has 0 amide bonds. The van der Waals surface area contributed by atoms with Crippen LogP contribution < -0.4 is 5.32 Å². The Morgan fingerprint density at radius 1 is 1.24 bits per heavy atom. The fourth-order valence-corrected chi connectivity index (χ4v) is 2.64. The van der Waals surface area contributed by atoms with Gasteiger partial charge in [0.1, 0.15) is 6.23 Å². The van der Waals surface area contributed by atoms with Crippen LogP contribution in [0.15, 0.2) is 24.8 Å². The number of allylic oxidation sites excluding steroid dienone is 3. The van der Waals surface area contributed by atoms with Crippen molar-refractivity contribution in [3.8, 4) is 6.07 Å². The predicted molar refractivity (Wildman–Crippen MR) is 89.6 cm³/mol. The van der Waals surface area contributed by atoms with E-state index in [1.807, 2.05) is 24.3 Å². The molecule has 1 aliphatic rings. The monoisotopic (exact) mass is 292 g/mol. The molecule has 0 spiro atoms. The summed E-state index contributed by atoms with van der Waals surface area (Å²) in [5, 5.41) is 20.9. The molecule has 3 atom stereocenters. The first-order chi connectivity index (χ1) is 10.2. The highest BCUT2D eigenvalue weighted by Crippen LogP contribution is 2.29. The van der Waals surface area contributed by atoms with Gasteiger partial charge in [0.25, 0.3) is 0 Å². The van der Waals surface area contributed by atoms with Crippen LogP contribution in [0.2, 0.25) is 0 Å². The lowest BCUT2D eigenvalue weighted by atomic mass is 9.87. The normalized spacial score (nSPS) is 24.4. The number of aliphatic hydroxyl groups is 1. The smallest absolute Gasteiger partial charge is 0.108 e. The summed E-state index contributed by atoms with van der Waals surface area (Å²) < 4.78 is 0.